The topological polar surface area (TPSA) is 71.5 Å². The molecular weight excluding hydrogens is 256 g/mol. The van der Waals surface area contributed by atoms with Crippen molar-refractivity contribution in [1.82, 2.24) is 4.98 Å². The highest BCUT2D eigenvalue weighted by Crippen LogP contribution is 2.19. The van der Waals surface area contributed by atoms with E-state index in [-0.39, 0.29) is 16.6 Å². The minimum atomic E-state index is -1.07. The fraction of sp³-hybridized carbons (Fsp3) is 0.500. The van der Waals surface area contributed by atoms with Crippen molar-refractivity contribution in [2.75, 3.05) is 19.0 Å². The van der Waals surface area contributed by atoms with Gasteiger partial charge in [0.15, 0.2) is 0 Å². The number of rotatable bonds is 6. The SMILES string of the molecule is COCC(Nc1cc(C(=O)O)c(Cl)cn1)C(C)C. The van der Waals surface area contributed by atoms with Crippen LogP contribution < -0.4 is 5.32 Å². The van der Waals surface area contributed by atoms with Gasteiger partial charge in [0.2, 0.25) is 0 Å². The minimum absolute atomic E-state index is 0.0362. The largest absolute Gasteiger partial charge is 0.478 e. The highest BCUT2D eigenvalue weighted by Gasteiger charge is 2.16. The first-order chi connectivity index (χ1) is 8.45. The molecule has 18 heavy (non-hydrogen) atoms. The lowest BCUT2D eigenvalue weighted by Gasteiger charge is -2.22. The Labute approximate surface area is 111 Å². The fourth-order valence-corrected chi connectivity index (χ4v) is 1.64. The molecule has 0 fully saturated rings. The van der Waals surface area contributed by atoms with Crippen LogP contribution in [0.4, 0.5) is 5.82 Å². The van der Waals surface area contributed by atoms with Crippen LogP contribution in [0.5, 0.6) is 0 Å². The zero-order chi connectivity index (χ0) is 13.7. The van der Waals surface area contributed by atoms with E-state index in [2.05, 4.69) is 10.3 Å². The lowest BCUT2D eigenvalue weighted by Crippen LogP contribution is -2.30. The van der Waals surface area contributed by atoms with Crippen LogP contribution in [-0.4, -0.2) is 35.8 Å². The van der Waals surface area contributed by atoms with Crippen LogP contribution in [0.25, 0.3) is 0 Å². The number of aromatic carboxylic acids is 1. The molecule has 0 aliphatic carbocycles. The normalized spacial score (nSPS) is 12.5. The van der Waals surface area contributed by atoms with Crippen molar-refractivity contribution in [2.45, 2.75) is 19.9 Å². The van der Waals surface area contributed by atoms with E-state index < -0.39 is 5.97 Å². The molecule has 1 aromatic rings. The second-order valence-corrected chi connectivity index (χ2v) is 4.71. The minimum Gasteiger partial charge on any atom is -0.478 e. The molecule has 0 radical (unpaired) electrons. The van der Waals surface area contributed by atoms with Crippen LogP contribution in [0.2, 0.25) is 5.02 Å². The second-order valence-electron chi connectivity index (χ2n) is 4.30. The van der Waals surface area contributed by atoms with Crippen LogP contribution >= 0.6 is 11.6 Å². The van der Waals surface area contributed by atoms with Crippen molar-refractivity contribution in [3.63, 3.8) is 0 Å². The quantitative estimate of drug-likeness (QED) is 0.833. The summed E-state index contributed by atoms with van der Waals surface area (Å²) in [6.07, 6.45) is 1.33. The number of methoxy groups -OCH3 is 1. The Kier molecular flexibility index (Phi) is 5.37. The Bertz CT molecular complexity index is 424. The second kappa shape index (κ2) is 6.56. The first kappa shape index (κ1) is 14.7. The highest BCUT2D eigenvalue weighted by molar-refractivity contribution is 6.33. The Morgan fingerprint density at radius 1 is 1.61 bits per heavy atom. The van der Waals surface area contributed by atoms with Gasteiger partial charge >= 0.3 is 5.97 Å². The van der Waals surface area contributed by atoms with Crippen molar-refractivity contribution in [1.29, 1.82) is 0 Å². The summed E-state index contributed by atoms with van der Waals surface area (Å²) in [7, 11) is 1.62. The van der Waals surface area contributed by atoms with E-state index in [0.717, 1.165) is 0 Å². The Morgan fingerprint density at radius 3 is 2.78 bits per heavy atom. The number of carboxylic acid groups (broad SMARTS) is 1. The molecule has 6 heteroatoms. The zero-order valence-corrected chi connectivity index (χ0v) is 11.4. The Hall–Kier alpha value is -1.33. The molecule has 0 bridgehead atoms. The lowest BCUT2D eigenvalue weighted by molar-refractivity contribution is 0.0697. The van der Waals surface area contributed by atoms with Crippen LogP contribution in [0.15, 0.2) is 12.3 Å². The van der Waals surface area contributed by atoms with E-state index in [1.807, 2.05) is 13.8 Å². The van der Waals surface area contributed by atoms with Crippen LogP contribution in [0, 0.1) is 5.92 Å². The van der Waals surface area contributed by atoms with Crippen LogP contribution in [-0.2, 0) is 4.74 Å². The van der Waals surface area contributed by atoms with E-state index >= 15 is 0 Å². The van der Waals surface area contributed by atoms with Crippen LogP contribution in [0.3, 0.4) is 0 Å². The molecule has 1 aromatic heterocycles. The number of ether oxygens (including phenoxy) is 1. The van der Waals surface area contributed by atoms with Gasteiger partial charge in [-0.25, -0.2) is 9.78 Å². The van der Waals surface area contributed by atoms with Gasteiger partial charge in [0.25, 0.3) is 0 Å². The lowest BCUT2D eigenvalue weighted by atomic mass is 10.1. The van der Waals surface area contributed by atoms with Gasteiger partial charge in [0.05, 0.1) is 23.2 Å². The maximum atomic E-state index is 11.0. The molecule has 0 spiro atoms. The molecule has 0 amide bonds. The summed E-state index contributed by atoms with van der Waals surface area (Å²) in [5, 5.41) is 12.2. The summed E-state index contributed by atoms with van der Waals surface area (Å²) >= 11 is 5.76. The molecule has 0 aromatic carbocycles. The number of hydrogen-bond donors (Lipinski definition) is 2. The number of carboxylic acids is 1. The third kappa shape index (κ3) is 3.85. The zero-order valence-electron chi connectivity index (χ0n) is 10.6. The van der Waals surface area contributed by atoms with Crippen molar-refractivity contribution < 1.29 is 14.6 Å². The summed E-state index contributed by atoms with van der Waals surface area (Å²) in [6.45, 7) is 4.61. The number of anilines is 1. The number of aromatic nitrogens is 1. The van der Waals surface area contributed by atoms with E-state index in [1.54, 1.807) is 7.11 Å². The van der Waals surface area contributed by atoms with Gasteiger partial charge in [-0.2, -0.15) is 0 Å². The number of nitrogens with zero attached hydrogens (tertiary/aromatic N) is 1. The summed E-state index contributed by atoms with van der Waals surface area (Å²) in [5.74, 6) is -0.262. The predicted molar refractivity (Wildman–Crippen MR) is 70.3 cm³/mol. The molecule has 1 unspecified atom stereocenters. The molecule has 0 saturated carbocycles. The monoisotopic (exact) mass is 272 g/mol. The molecule has 1 atom stereocenters. The highest BCUT2D eigenvalue weighted by atomic mass is 35.5. The molecule has 0 aliphatic rings. The fourth-order valence-electron chi connectivity index (χ4n) is 1.45. The predicted octanol–water partition coefficient (Wildman–Crippen LogP) is 2.52. The molecule has 0 saturated heterocycles. The van der Waals surface area contributed by atoms with Gasteiger partial charge < -0.3 is 15.2 Å². The number of halogens is 1. The van der Waals surface area contributed by atoms with E-state index in [1.165, 1.54) is 12.3 Å². The van der Waals surface area contributed by atoms with Gasteiger partial charge in [0.1, 0.15) is 5.82 Å². The average molecular weight is 273 g/mol. The van der Waals surface area contributed by atoms with Crippen molar-refractivity contribution in [3.05, 3.63) is 22.8 Å². The summed E-state index contributed by atoms with van der Waals surface area (Å²) in [5.41, 5.74) is 0.0362. The van der Waals surface area contributed by atoms with E-state index in [9.17, 15) is 4.79 Å². The average Bonchev–Trinajstić information content (AvgIpc) is 2.30. The number of hydrogen-bond acceptors (Lipinski definition) is 4. The molecule has 0 aliphatic heterocycles. The first-order valence-electron chi connectivity index (χ1n) is 5.60. The molecule has 1 heterocycles. The Balaban J connectivity index is 2.89. The summed E-state index contributed by atoms with van der Waals surface area (Å²) < 4.78 is 5.11. The number of carbonyl (C=O) groups is 1. The summed E-state index contributed by atoms with van der Waals surface area (Å²) in [6, 6.07) is 1.49. The van der Waals surface area contributed by atoms with Gasteiger partial charge in [-0.15, -0.1) is 0 Å². The van der Waals surface area contributed by atoms with Crippen LogP contribution in [0.1, 0.15) is 24.2 Å². The molecule has 2 N–H and O–H groups in total. The third-order valence-corrected chi connectivity index (χ3v) is 2.87. The number of pyridine rings is 1. The summed E-state index contributed by atoms with van der Waals surface area (Å²) in [4.78, 5) is 15.0. The molecular formula is C12H17ClN2O3. The van der Waals surface area contributed by atoms with Gasteiger partial charge in [-0.1, -0.05) is 25.4 Å². The van der Waals surface area contributed by atoms with Crippen molar-refractivity contribution in [3.8, 4) is 0 Å². The van der Waals surface area contributed by atoms with Gasteiger partial charge in [0, 0.05) is 13.3 Å². The smallest absolute Gasteiger partial charge is 0.337 e. The van der Waals surface area contributed by atoms with Crippen molar-refractivity contribution in [2.24, 2.45) is 5.92 Å². The van der Waals surface area contributed by atoms with Crippen molar-refractivity contribution >= 4 is 23.4 Å². The van der Waals surface area contributed by atoms with Gasteiger partial charge in [-0.05, 0) is 12.0 Å². The first-order valence-corrected chi connectivity index (χ1v) is 5.97. The maximum absolute atomic E-state index is 11.0. The standard InChI is InChI=1S/C12H17ClN2O3/c1-7(2)10(6-18-3)15-11-4-8(12(16)17)9(13)5-14-11/h4-5,7,10H,6H2,1-3H3,(H,14,15)(H,16,17). The maximum Gasteiger partial charge on any atom is 0.337 e. The van der Waals surface area contributed by atoms with Gasteiger partial charge in [-0.3, -0.25) is 0 Å². The molecule has 100 valence electrons. The molecule has 5 nitrogen and oxygen atoms in total. The third-order valence-electron chi connectivity index (χ3n) is 2.57. The van der Waals surface area contributed by atoms with E-state index in [4.69, 9.17) is 21.4 Å². The number of nitrogens with one attached hydrogen (secondary N) is 1. The molecule has 1 rings (SSSR count). The van der Waals surface area contributed by atoms with E-state index in [0.29, 0.717) is 18.3 Å². The Morgan fingerprint density at radius 2 is 2.28 bits per heavy atom.